The highest BCUT2D eigenvalue weighted by atomic mass is 32.2. The zero-order valence-electron chi connectivity index (χ0n) is 13.5. The number of nitrogens with zero attached hydrogens (tertiary/aromatic N) is 1. The summed E-state index contributed by atoms with van der Waals surface area (Å²) in [6.45, 7) is 7.11. The summed E-state index contributed by atoms with van der Waals surface area (Å²) >= 11 is 0. The standard InChI is InChI=1S/C16H23N3O3S/c1-4-10-18-23(21,22)15-9-7-8-14(13-15)16(20)17-11-12-19(5-2)6-3/h1,7-9,13,18H,5-6,10-12H2,2-3H3,(H,17,20). The van der Waals surface area contributed by atoms with Crippen LogP contribution < -0.4 is 10.0 Å². The molecule has 0 bridgehead atoms. The van der Waals surface area contributed by atoms with Gasteiger partial charge in [0.15, 0.2) is 0 Å². The zero-order valence-corrected chi connectivity index (χ0v) is 14.3. The number of hydrogen-bond donors (Lipinski definition) is 2. The van der Waals surface area contributed by atoms with Crippen LogP contribution in [0.3, 0.4) is 0 Å². The van der Waals surface area contributed by atoms with Crippen LogP contribution in [-0.4, -0.2) is 51.9 Å². The van der Waals surface area contributed by atoms with Crippen molar-refractivity contribution in [3.63, 3.8) is 0 Å². The maximum atomic E-state index is 12.1. The van der Waals surface area contributed by atoms with Gasteiger partial charge in [-0.25, -0.2) is 8.42 Å². The molecule has 0 radical (unpaired) electrons. The van der Waals surface area contributed by atoms with E-state index >= 15 is 0 Å². The number of hydrogen-bond acceptors (Lipinski definition) is 4. The maximum absolute atomic E-state index is 12.1. The van der Waals surface area contributed by atoms with Gasteiger partial charge in [0.25, 0.3) is 5.91 Å². The first-order valence-corrected chi connectivity index (χ1v) is 8.96. The summed E-state index contributed by atoms with van der Waals surface area (Å²) in [7, 11) is -3.70. The Morgan fingerprint density at radius 2 is 2.00 bits per heavy atom. The summed E-state index contributed by atoms with van der Waals surface area (Å²) < 4.78 is 26.3. The molecule has 1 rings (SSSR count). The van der Waals surface area contributed by atoms with Gasteiger partial charge in [0.2, 0.25) is 10.0 Å². The highest BCUT2D eigenvalue weighted by Crippen LogP contribution is 2.11. The Bertz CT molecular complexity index is 661. The second-order valence-electron chi connectivity index (χ2n) is 4.84. The second kappa shape index (κ2) is 9.30. The minimum Gasteiger partial charge on any atom is -0.351 e. The Morgan fingerprint density at radius 1 is 1.30 bits per heavy atom. The third-order valence-corrected chi connectivity index (χ3v) is 4.78. The summed E-state index contributed by atoms with van der Waals surface area (Å²) in [4.78, 5) is 14.3. The van der Waals surface area contributed by atoms with Gasteiger partial charge in [0, 0.05) is 18.7 Å². The minimum absolute atomic E-state index is 0.0177. The molecule has 0 aliphatic rings. The van der Waals surface area contributed by atoms with Gasteiger partial charge in [-0.05, 0) is 31.3 Å². The molecular weight excluding hydrogens is 314 g/mol. The fourth-order valence-corrected chi connectivity index (χ4v) is 2.97. The van der Waals surface area contributed by atoms with Gasteiger partial charge in [-0.15, -0.1) is 6.42 Å². The molecule has 0 aliphatic heterocycles. The maximum Gasteiger partial charge on any atom is 0.251 e. The molecule has 1 aromatic carbocycles. The van der Waals surface area contributed by atoms with Gasteiger partial charge in [-0.2, -0.15) is 4.72 Å². The Labute approximate surface area is 138 Å². The molecule has 0 atom stereocenters. The van der Waals surface area contributed by atoms with E-state index in [-0.39, 0.29) is 17.3 Å². The number of benzene rings is 1. The number of amides is 1. The minimum atomic E-state index is -3.70. The van der Waals surface area contributed by atoms with Crippen LogP contribution in [0.1, 0.15) is 24.2 Å². The molecule has 1 amide bonds. The van der Waals surface area contributed by atoms with Crippen molar-refractivity contribution in [3.8, 4) is 12.3 Å². The first-order chi connectivity index (χ1) is 10.9. The number of nitrogens with one attached hydrogen (secondary N) is 2. The van der Waals surface area contributed by atoms with E-state index < -0.39 is 10.0 Å². The lowest BCUT2D eigenvalue weighted by atomic mass is 10.2. The highest BCUT2D eigenvalue weighted by Gasteiger charge is 2.15. The Morgan fingerprint density at radius 3 is 2.61 bits per heavy atom. The fraction of sp³-hybridized carbons (Fsp3) is 0.438. The Hall–Kier alpha value is -1.88. The zero-order chi connectivity index (χ0) is 17.3. The van der Waals surface area contributed by atoms with E-state index in [4.69, 9.17) is 6.42 Å². The van der Waals surface area contributed by atoms with Crippen LogP contribution in [0.4, 0.5) is 0 Å². The molecule has 0 aromatic heterocycles. The third kappa shape index (κ3) is 6.02. The van der Waals surface area contributed by atoms with Gasteiger partial charge in [0.1, 0.15) is 0 Å². The molecular formula is C16H23N3O3S. The van der Waals surface area contributed by atoms with Crippen molar-refractivity contribution in [2.45, 2.75) is 18.7 Å². The Kier molecular flexibility index (Phi) is 7.75. The van der Waals surface area contributed by atoms with Crippen molar-refractivity contribution in [1.29, 1.82) is 0 Å². The van der Waals surface area contributed by atoms with E-state index in [1.807, 2.05) is 0 Å². The molecule has 0 spiro atoms. The summed E-state index contributed by atoms with van der Waals surface area (Å²) in [5.41, 5.74) is 0.299. The van der Waals surface area contributed by atoms with Gasteiger partial charge in [-0.3, -0.25) is 4.79 Å². The second-order valence-corrected chi connectivity index (χ2v) is 6.61. The van der Waals surface area contributed by atoms with Crippen molar-refractivity contribution < 1.29 is 13.2 Å². The largest absolute Gasteiger partial charge is 0.351 e. The summed E-state index contributed by atoms with van der Waals surface area (Å²) in [5, 5.41) is 2.79. The van der Waals surface area contributed by atoms with Crippen molar-refractivity contribution in [2.75, 3.05) is 32.7 Å². The summed E-state index contributed by atoms with van der Waals surface area (Å²) in [6, 6.07) is 5.87. The van der Waals surface area contributed by atoms with Crippen molar-refractivity contribution in [2.24, 2.45) is 0 Å². The van der Waals surface area contributed by atoms with Crippen LogP contribution in [0.15, 0.2) is 29.2 Å². The molecule has 0 heterocycles. The monoisotopic (exact) mass is 337 g/mol. The van der Waals surface area contributed by atoms with Crippen LogP contribution >= 0.6 is 0 Å². The summed E-state index contributed by atoms with van der Waals surface area (Å²) in [6.07, 6.45) is 5.05. The van der Waals surface area contributed by atoms with E-state index in [1.165, 1.54) is 18.2 Å². The normalized spacial score (nSPS) is 11.2. The molecule has 7 heteroatoms. The van der Waals surface area contributed by atoms with Crippen molar-refractivity contribution in [3.05, 3.63) is 29.8 Å². The summed E-state index contributed by atoms with van der Waals surface area (Å²) in [5.74, 6) is 1.91. The lowest BCUT2D eigenvalue weighted by Crippen LogP contribution is -2.34. The molecule has 0 saturated carbocycles. The average Bonchev–Trinajstić information content (AvgIpc) is 2.57. The van der Waals surface area contributed by atoms with E-state index in [0.29, 0.717) is 12.1 Å². The van der Waals surface area contributed by atoms with E-state index in [9.17, 15) is 13.2 Å². The van der Waals surface area contributed by atoms with Gasteiger partial charge >= 0.3 is 0 Å². The molecule has 2 N–H and O–H groups in total. The molecule has 0 unspecified atom stereocenters. The fourth-order valence-electron chi connectivity index (χ4n) is 1.99. The van der Waals surface area contributed by atoms with Crippen LogP contribution in [0.5, 0.6) is 0 Å². The molecule has 0 aliphatic carbocycles. The predicted octanol–water partition coefficient (Wildman–Crippen LogP) is 0.670. The topological polar surface area (TPSA) is 78.5 Å². The Balaban J connectivity index is 2.73. The number of carbonyl (C=O) groups excluding carboxylic acids is 1. The first-order valence-electron chi connectivity index (χ1n) is 7.48. The van der Waals surface area contributed by atoms with Gasteiger partial charge < -0.3 is 10.2 Å². The number of rotatable bonds is 9. The molecule has 0 fully saturated rings. The van der Waals surface area contributed by atoms with Crippen molar-refractivity contribution >= 4 is 15.9 Å². The predicted molar refractivity (Wildman–Crippen MR) is 90.6 cm³/mol. The SMILES string of the molecule is C#CCNS(=O)(=O)c1cccc(C(=O)NCCN(CC)CC)c1. The molecule has 0 saturated heterocycles. The van der Waals surface area contributed by atoms with E-state index in [0.717, 1.165) is 19.6 Å². The van der Waals surface area contributed by atoms with Crippen LogP contribution in [0.2, 0.25) is 0 Å². The molecule has 6 nitrogen and oxygen atoms in total. The number of sulfonamides is 1. The van der Waals surface area contributed by atoms with Crippen LogP contribution in [0.25, 0.3) is 0 Å². The van der Waals surface area contributed by atoms with Crippen molar-refractivity contribution in [1.82, 2.24) is 14.9 Å². The number of likely N-dealkylation sites (N-methyl/N-ethyl adjacent to an activating group) is 1. The van der Waals surface area contributed by atoms with E-state index in [1.54, 1.807) is 6.07 Å². The quantitative estimate of drug-likeness (QED) is 0.649. The van der Waals surface area contributed by atoms with E-state index in [2.05, 4.69) is 34.7 Å². The number of terminal acetylenes is 1. The molecule has 1 aromatic rings. The van der Waals surface area contributed by atoms with Crippen LogP contribution in [0, 0.1) is 12.3 Å². The molecule has 126 valence electrons. The number of carbonyl (C=O) groups is 1. The average molecular weight is 337 g/mol. The molecule has 23 heavy (non-hydrogen) atoms. The lowest BCUT2D eigenvalue weighted by Gasteiger charge is -2.18. The first kappa shape index (κ1) is 19.2. The third-order valence-electron chi connectivity index (χ3n) is 3.38. The highest BCUT2D eigenvalue weighted by molar-refractivity contribution is 7.89. The van der Waals surface area contributed by atoms with Gasteiger partial charge in [0.05, 0.1) is 11.4 Å². The van der Waals surface area contributed by atoms with Gasteiger partial charge in [-0.1, -0.05) is 25.8 Å². The van der Waals surface area contributed by atoms with Crippen LogP contribution in [-0.2, 0) is 10.0 Å². The smallest absolute Gasteiger partial charge is 0.251 e. The lowest BCUT2D eigenvalue weighted by molar-refractivity contribution is 0.0948.